The van der Waals surface area contributed by atoms with Gasteiger partial charge in [-0.1, -0.05) is 0 Å². The minimum atomic E-state index is 0.190. The van der Waals surface area contributed by atoms with E-state index in [4.69, 9.17) is 16.3 Å². The highest BCUT2D eigenvalue weighted by molar-refractivity contribution is 5.62. The molecule has 0 bridgehead atoms. The number of aryl methyl sites for hydroxylation is 1. The van der Waals surface area contributed by atoms with Crippen molar-refractivity contribution in [2.45, 2.75) is 25.7 Å². The zero-order valence-corrected chi connectivity index (χ0v) is 8.25. The van der Waals surface area contributed by atoms with Gasteiger partial charge in [-0.05, 0) is 31.2 Å². The van der Waals surface area contributed by atoms with Crippen LogP contribution in [0.25, 0.3) is 0 Å². The largest absolute Gasteiger partial charge is 0.383 e. The fraction of sp³-hybridized carbons (Fsp3) is 0.364. The van der Waals surface area contributed by atoms with Gasteiger partial charge in [0, 0.05) is 5.69 Å². The van der Waals surface area contributed by atoms with Crippen LogP contribution in [0.3, 0.4) is 0 Å². The second-order valence-electron chi connectivity index (χ2n) is 3.60. The first-order chi connectivity index (χ1) is 7.27. The first-order valence-electron chi connectivity index (χ1n) is 4.89. The molecule has 2 N–H and O–H groups in total. The van der Waals surface area contributed by atoms with Crippen molar-refractivity contribution < 1.29 is 0 Å². The van der Waals surface area contributed by atoms with Crippen LogP contribution in [0.2, 0.25) is 0 Å². The molecule has 74 valence electrons. The summed E-state index contributed by atoms with van der Waals surface area (Å²) >= 11 is 0. The quantitative estimate of drug-likeness (QED) is 0.680. The van der Waals surface area contributed by atoms with Gasteiger partial charge in [-0.15, -0.1) is 0 Å². The monoisotopic (exact) mass is 198 g/mol. The lowest BCUT2D eigenvalue weighted by Crippen LogP contribution is -2.12. The van der Waals surface area contributed by atoms with Crippen molar-refractivity contribution >= 4 is 5.82 Å². The molecule has 0 spiro atoms. The molecule has 1 aliphatic carbocycles. The van der Waals surface area contributed by atoms with Gasteiger partial charge in [0.05, 0.1) is 5.56 Å². The molecule has 0 atom stereocenters. The first kappa shape index (κ1) is 9.48. The lowest BCUT2D eigenvalue weighted by Gasteiger charge is -2.17. The molecule has 4 heteroatoms. The Hall–Kier alpha value is -2.07. The number of nitrogens with two attached hydrogens (primary N) is 1. The summed E-state index contributed by atoms with van der Waals surface area (Å²) in [5.74, 6) is 0.190. The van der Waals surface area contributed by atoms with E-state index in [1.807, 2.05) is 6.07 Å². The van der Waals surface area contributed by atoms with E-state index in [1.165, 1.54) is 0 Å². The van der Waals surface area contributed by atoms with E-state index in [0.29, 0.717) is 5.56 Å². The van der Waals surface area contributed by atoms with Gasteiger partial charge in [-0.3, -0.25) is 0 Å². The van der Waals surface area contributed by atoms with Crippen LogP contribution in [-0.2, 0) is 12.8 Å². The first-order valence-corrected chi connectivity index (χ1v) is 4.89. The van der Waals surface area contributed by atoms with Gasteiger partial charge >= 0.3 is 0 Å². The fourth-order valence-electron chi connectivity index (χ4n) is 2.00. The number of hydrogen-bond acceptors (Lipinski definition) is 4. The van der Waals surface area contributed by atoms with Gasteiger partial charge < -0.3 is 5.73 Å². The summed E-state index contributed by atoms with van der Waals surface area (Å²) in [5, 5.41) is 18.0. The van der Waals surface area contributed by atoms with Crippen molar-refractivity contribution in [1.29, 1.82) is 10.5 Å². The zero-order chi connectivity index (χ0) is 10.8. The predicted octanol–water partition coefficient (Wildman–Crippen LogP) is 1.29. The van der Waals surface area contributed by atoms with Gasteiger partial charge in [0.1, 0.15) is 23.5 Å². The number of nitrogens with zero attached hydrogens (tertiary/aromatic N) is 3. The number of fused-ring (bicyclic) bond motifs is 1. The third-order valence-electron chi connectivity index (χ3n) is 2.73. The summed E-state index contributed by atoms with van der Waals surface area (Å²) in [6, 6.07) is 4.03. The van der Waals surface area contributed by atoms with Gasteiger partial charge in [0.2, 0.25) is 0 Å². The van der Waals surface area contributed by atoms with Gasteiger partial charge in [-0.25, -0.2) is 4.98 Å². The highest BCUT2D eigenvalue weighted by Gasteiger charge is 2.20. The third kappa shape index (κ3) is 1.41. The molecule has 4 nitrogen and oxygen atoms in total. The number of anilines is 1. The molecule has 0 unspecified atom stereocenters. The van der Waals surface area contributed by atoms with E-state index in [2.05, 4.69) is 11.1 Å². The van der Waals surface area contributed by atoms with Gasteiger partial charge in [0.25, 0.3) is 0 Å². The summed E-state index contributed by atoms with van der Waals surface area (Å²) in [6.07, 6.45) is 3.83. The van der Waals surface area contributed by atoms with E-state index < -0.39 is 0 Å². The summed E-state index contributed by atoms with van der Waals surface area (Å²) < 4.78 is 0. The molecule has 0 fully saturated rings. The Labute approximate surface area is 88.0 Å². The summed E-state index contributed by atoms with van der Waals surface area (Å²) in [6.45, 7) is 0. The number of hydrogen-bond donors (Lipinski definition) is 1. The standard InChI is InChI=1S/C11H10N4/c12-5-8-7-3-1-2-4-10(7)15-11(14)9(8)6-13/h1-4H2,(H2,14,15). The molecule has 0 aliphatic heterocycles. The lowest BCUT2D eigenvalue weighted by atomic mass is 9.90. The van der Waals surface area contributed by atoms with Crippen LogP contribution >= 0.6 is 0 Å². The second kappa shape index (κ2) is 3.59. The molecule has 0 saturated heterocycles. The van der Waals surface area contributed by atoms with Crippen molar-refractivity contribution in [2.75, 3.05) is 5.73 Å². The maximum atomic E-state index is 9.05. The number of pyridine rings is 1. The Morgan fingerprint density at radius 1 is 1.07 bits per heavy atom. The van der Waals surface area contributed by atoms with Crippen LogP contribution in [0, 0.1) is 22.7 Å². The van der Waals surface area contributed by atoms with Gasteiger partial charge in [0.15, 0.2) is 0 Å². The van der Waals surface area contributed by atoms with Crippen LogP contribution in [0.15, 0.2) is 0 Å². The van der Waals surface area contributed by atoms with E-state index >= 15 is 0 Å². The molecular weight excluding hydrogens is 188 g/mol. The van der Waals surface area contributed by atoms with Crippen molar-refractivity contribution in [2.24, 2.45) is 0 Å². The molecule has 2 rings (SSSR count). The number of aromatic nitrogens is 1. The normalized spacial score (nSPS) is 13.7. The average Bonchev–Trinajstić information content (AvgIpc) is 2.27. The maximum Gasteiger partial charge on any atom is 0.143 e. The highest BCUT2D eigenvalue weighted by atomic mass is 14.9. The minimum Gasteiger partial charge on any atom is -0.383 e. The van der Waals surface area contributed by atoms with E-state index in [9.17, 15) is 0 Å². The molecule has 0 amide bonds. The molecular formula is C11H10N4. The Morgan fingerprint density at radius 2 is 1.73 bits per heavy atom. The topological polar surface area (TPSA) is 86.5 Å². The molecule has 0 aromatic carbocycles. The second-order valence-corrected chi connectivity index (χ2v) is 3.60. The van der Waals surface area contributed by atoms with Crippen LogP contribution in [0.1, 0.15) is 35.2 Å². The highest BCUT2D eigenvalue weighted by Crippen LogP contribution is 2.27. The molecule has 0 saturated carbocycles. The predicted molar refractivity (Wildman–Crippen MR) is 54.7 cm³/mol. The summed E-state index contributed by atoms with van der Waals surface area (Å²) in [7, 11) is 0. The summed E-state index contributed by atoms with van der Waals surface area (Å²) in [4.78, 5) is 4.20. The SMILES string of the molecule is N#Cc1c(N)nc2c(c1C#N)CCCC2. The third-order valence-corrected chi connectivity index (χ3v) is 2.73. The molecule has 1 aromatic heterocycles. The maximum absolute atomic E-state index is 9.05. The fourth-order valence-corrected chi connectivity index (χ4v) is 2.00. The van der Waals surface area contributed by atoms with Crippen molar-refractivity contribution in [1.82, 2.24) is 4.98 Å². The molecule has 1 heterocycles. The Balaban J connectivity index is 2.73. The number of nitrogen functional groups attached to an aromatic ring is 1. The lowest BCUT2D eigenvalue weighted by molar-refractivity contribution is 0.667. The van der Waals surface area contributed by atoms with Crippen LogP contribution in [0.5, 0.6) is 0 Å². The number of nitriles is 2. The Bertz CT molecular complexity index is 491. The van der Waals surface area contributed by atoms with Gasteiger partial charge in [-0.2, -0.15) is 10.5 Å². The van der Waals surface area contributed by atoms with Crippen molar-refractivity contribution in [3.8, 4) is 12.1 Å². The van der Waals surface area contributed by atoms with Crippen LogP contribution in [-0.4, -0.2) is 4.98 Å². The van der Waals surface area contributed by atoms with Crippen LogP contribution in [0.4, 0.5) is 5.82 Å². The molecule has 1 aromatic rings. The summed E-state index contributed by atoms with van der Waals surface area (Å²) in [5.41, 5.74) is 8.13. The Morgan fingerprint density at radius 3 is 2.40 bits per heavy atom. The van der Waals surface area contributed by atoms with Crippen LogP contribution < -0.4 is 5.73 Å². The van der Waals surface area contributed by atoms with E-state index in [-0.39, 0.29) is 11.4 Å². The van der Waals surface area contributed by atoms with E-state index in [0.717, 1.165) is 36.9 Å². The van der Waals surface area contributed by atoms with E-state index in [1.54, 1.807) is 0 Å². The average molecular weight is 198 g/mol. The molecule has 0 radical (unpaired) electrons. The van der Waals surface area contributed by atoms with Crippen molar-refractivity contribution in [3.05, 3.63) is 22.4 Å². The molecule has 1 aliphatic rings. The zero-order valence-electron chi connectivity index (χ0n) is 8.25. The minimum absolute atomic E-state index is 0.190. The Kier molecular flexibility index (Phi) is 2.27. The smallest absolute Gasteiger partial charge is 0.143 e. The number of rotatable bonds is 0. The molecule has 15 heavy (non-hydrogen) atoms. The van der Waals surface area contributed by atoms with Crippen molar-refractivity contribution in [3.63, 3.8) is 0 Å².